The molecule has 1 aliphatic carbocycles. The van der Waals surface area contributed by atoms with Gasteiger partial charge in [-0.05, 0) is 64.3 Å². The summed E-state index contributed by atoms with van der Waals surface area (Å²) in [5.41, 5.74) is 3.01. The lowest BCUT2D eigenvalue weighted by Crippen LogP contribution is -2.43. The molecule has 0 amide bonds. The SMILES string of the molecule is C#Cc1ccc(-c2nnc(N[C@@H]3CCCN(C4CC4)C3)nc2C)c(OCOCC)c1. The molecular formula is C23H29N5O2. The van der Waals surface area contributed by atoms with Gasteiger partial charge >= 0.3 is 0 Å². The van der Waals surface area contributed by atoms with Gasteiger partial charge in [0.15, 0.2) is 6.79 Å². The van der Waals surface area contributed by atoms with Crippen LogP contribution in [0.5, 0.6) is 5.75 Å². The highest BCUT2D eigenvalue weighted by molar-refractivity contribution is 5.70. The van der Waals surface area contributed by atoms with E-state index < -0.39 is 0 Å². The van der Waals surface area contributed by atoms with Crippen LogP contribution in [0.4, 0.5) is 5.95 Å². The number of ether oxygens (including phenoxy) is 2. The summed E-state index contributed by atoms with van der Waals surface area (Å²) in [4.78, 5) is 7.27. The molecule has 1 atom stereocenters. The van der Waals surface area contributed by atoms with Crippen molar-refractivity contribution in [2.75, 3.05) is 31.8 Å². The van der Waals surface area contributed by atoms with Crippen LogP contribution in [0.3, 0.4) is 0 Å². The van der Waals surface area contributed by atoms with E-state index in [1.807, 2.05) is 32.0 Å². The van der Waals surface area contributed by atoms with Crippen molar-refractivity contribution in [2.45, 2.75) is 51.6 Å². The van der Waals surface area contributed by atoms with Crippen LogP contribution in [0.2, 0.25) is 0 Å². The molecule has 1 saturated carbocycles. The lowest BCUT2D eigenvalue weighted by molar-refractivity contribution is 0.0227. The van der Waals surface area contributed by atoms with E-state index in [2.05, 4.69) is 31.3 Å². The normalized spacial score (nSPS) is 19.3. The van der Waals surface area contributed by atoms with Crippen molar-refractivity contribution >= 4 is 5.95 Å². The second-order valence-electron chi connectivity index (χ2n) is 7.89. The number of aryl methyl sites for hydroxylation is 1. The van der Waals surface area contributed by atoms with Crippen LogP contribution in [0.25, 0.3) is 11.3 Å². The number of likely N-dealkylation sites (tertiary alicyclic amines) is 1. The number of rotatable bonds is 8. The number of terminal acetylenes is 1. The van der Waals surface area contributed by atoms with Gasteiger partial charge in [0, 0.05) is 36.4 Å². The van der Waals surface area contributed by atoms with Gasteiger partial charge in [0.05, 0.1) is 5.69 Å². The Morgan fingerprint density at radius 3 is 2.87 bits per heavy atom. The summed E-state index contributed by atoms with van der Waals surface area (Å²) in [5.74, 6) is 3.83. The van der Waals surface area contributed by atoms with E-state index in [9.17, 15) is 0 Å². The molecule has 1 saturated heterocycles. The topological polar surface area (TPSA) is 72.4 Å². The van der Waals surface area contributed by atoms with Crippen LogP contribution in [0, 0.1) is 19.3 Å². The van der Waals surface area contributed by atoms with Crippen LogP contribution < -0.4 is 10.1 Å². The molecule has 4 rings (SSSR count). The molecule has 0 spiro atoms. The maximum atomic E-state index is 5.79. The lowest BCUT2D eigenvalue weighted by Gasteiger charge is -2.33. The van der Waals surface area contributed by atoms with Gasteiger partial charge in [-0.3, -0.25) is 4.90 Å². The Kier molecular flexibility index (Phi) is 6.46. The molecule has 7 nitrogen and oxygen atoms in total. The number of nitrogens with zero attached hydrogens (tertiary/aromatic N) is 4. The summed E-state index contributed by atoms with van der Waals surface area (Å²) in [5, 5.41) is 12.3. The number of anilines is 1. The highest BCUT2D eigenvalue weighted by Gasteiger charge is 2.32. The minimum absolute atomic E-state index is 0.149. The number of hydrogen-bond donors (Lipinski definition) is 1. The van der Waals surface area contributed by atoms with E-state index in [0.29, 0.717) is 30.0 Å². The highest BCUT2D eigenvalue weighted by atomic mass is 16.7. The van der Waals surface area contributed by atoms with Gasteiger partial charge in [-0.15, -0.1) is 16.6 Å². The summed E-state index contributed by atoms with van der Waals surface area (Å²) in [6.07, 6.45) is 10.6. The molecular weight excluding hydrogens is 378 g/mol. The van der Waals surface area contributed by atoms with Gasteiger partial charge < -0.3 is 14.8 Å². The number of benzene rings is 1. The molecule has 0 radical (unpaired) electrons. The molecule has 0 bridgehead atoms. The van der Waals surface area contributed by atoms with Crippen molar-refractivity contribution < 1.29 is 9.47 Å². The van der Waals surface area contributed by atoms with Gasteiger partial charge in [-0.25, -0.2) is 4.98 Å². The molecule has 158 valence electrons. The monoisotopic (exact) mass is 407 g/mol. The third kappa shape index (κ3) is 4.89. The zero-order valence-corrected chi connectivity index (χ0v) is 17.7. The first-order valence-corrected chi connectivity index (χ1v) is 10.7. The predicted molar refractivity (Wildman–Crippen MR) is 116 cm³/mol. The van der Waals surface area contributed by atoms with Crippen LogP contribution in [0.15, 0.2) is 18.2 Å². The average Bonchev–Trinajstić information content (AvgIpc) is 3.60. The summed E-state index contributed by atoms with van der Waals surface area (Å²) in [7, 11) is 0. The fourth-order valence-corrected chi connectivity index (χ4v) is 3.91. The first-order valence-electron chi connectivity index (χ1n) is 10.7. The average molecular weight is 408 g/mol. The third-order valence-electron chi connectivity index (χ3n) is 5.62. The van der Waals surface area contributed by atoms with E-state index in [1.165, 1.54) is 25.8 Å². The second kappa shape index (κ2) is 9.41. The molecule has 7 heteroatoms. The molecule has 1 aromatic heterocycles. The van der Waals surface area contributed by atoms with Crippen LogP contribution in [0.1, 0.15) is 43.9 Å². The maximum absolute atomic E-state index is 5.79. The summed E-state index contributed by atoms with van der Waals surface area (Å²) >= 11 is 0. The number of nitrogens with one attached hydrogen (secondary N) is 1. The van der Waals surface area contributed by atoms with E-state index in [0.717, 1.165) is 35.8 Å². The Hall–Kier alpha value is -2.69. The Bertz CT molecular complexity index is 922. The van der Waals surface area contributed by atoms with Crippen molar-refractivity contribution in [1.82, 2.24) is 20.1 Å². The van der Waals surface area contributed by atoms with Crippen molar-refractivity contribution in [3.63, 3.8) is 0 Å². The lowest BCUT2D eigenvalue weighted by atomic mass is 10.1. The molecule has 1 N–H and O–H groups in total. The Labute approximate surface area is 178 Å². The molecule has 2 aliphatic rings. The van der Waals surface area contributed by atoms with Gasteiger partial charge in [-0.2, -0.15) is 0 Å². The van der Waals surface area contributed by atoms with Gasteiger partial charge in [0.1, 0.15) is 11.4 Å². The number of aromatic nitrogens is 3. The fourth-order valence-electron chi connectivity index (χ4n) is 3.91. The Morgan fingerprint density at radius 2 is 2.13 bits per heavy atom. The van der Waals surface area contributed by atoms with Crippen LogP contribution in [-0.2, 0) is 4.74 Å². The van der Waals surface area contributed by atoms with E-state index in [4.69, 9.17) is 15.9 Å². The molecule has 2 fully saturated rings. The Morgan fingerprint density at radius 1 is 1.27 bits per heavy atom. The summed E-state index contributed by atoms with van der Waals surface area (Å²) in [6.45, 7) is 6.84. The number of piperidine rings is 1. The second-order valence-corrected chi connectivity index (χ2v) is 7.89. The van der Waals surface area contributed by atoms with E-state index in [1.54, 1.807) is 0 Å². The van der Waals surface area contributed by atoms with Gasteiger partial charge in [-0.1, -0.05) is 5.92 Å². The van der Waals surface area contributed by atoms with Crippen molar-refractivity contribution in [2.24, 2.45) is 0 Å². The minimum atomic E-state index is 0.149. The first-order chi connectivity index (χ1) is 14.7. The van der Waals surface area contributed by atoms with Crippen molar-refractivity contribution in [3.05, 3.63) is 29.5 Å². The minimum Gasteiger partial charge on any atom is -0.467 e. The van der Waals surface area contributed by atoms with Gasteiger partial charge in [0.2, 0.25) is 5.95 Å². The maximum Gasteiger partial charge on any atom is 0.243 e. The molecule has 1 aromatic carbocycles. The molecule has 2 aromatic rings. The summed E-state index contributed by atoms with van der Waals surface area (Å²) < 4.78 is 11.1. The molecule has 1 aliphatic heterocycles. The third-order valence-corrected chi connectivity index (χ3v) is 5.62. The zero-order valence-electron chi connectivity index (χ0n) is 17.7. The smallest absolute Gasteiger partial charge is 0.243 e. The van der Waals surface area contributed by atoms with Crippen molar-refractivity contribution in [3.8, 4) is 29.4 Å². The standard InChI is InChI=1S/C23H29N5O2/c1-4-17-8-11-20(21(13-17)30-15-29-5-2)22-16(3)24-23(27-26-22)25-18-7-6-12-28(14-18)19-9-10-19/h1,8,11,13,18-19H,5-7,9-10,12,14-15H2,2-3H3,(H,24,25,27)/t18-/m1/s1. The largest absolute Gasteiger partial charge is 0.467 e. The van der Waals surface area contributed by atoms with Crippen LogP contribution >= 0.6 is 0 Å². The van der Waals surface area contributed by atoms with E-state index >= 15 is 0 Å². The highest BCUT2D eigenvalue weighted by Crippen LogP contribution is 2.32. The Balaban J connectivity index is 1.50. The number of hydrogen-bond acceptors (Lipinski definition) is 7. The molecule has 0 unspecified atom stereocenters. The summed E-state index contributed by atoms with van der Waals surface area (Å²) in [6, 6.07) is 6.74. The quantitative estimate of drug-likeness (QED) is 0.409. The van der Waals surface area contributed by atoms with Crippen LogP contribution in [-0.4, -0.2) is 58.7 Å². The predicted octanol–water partition coefficient (Wildman–Crippen LogP) is 3.24. The fraction of sp³-hybridized carbons (Fsp3) is 0.522. The zero-order chi connectivity index (χ0) is 20.9. The molecule has 30 heavy (non-hydrogen) atoms. The van der Waals surface area contributed by atoms with E-state index in [-0.39, 0.29) is 6.79 Å². The molecule has 2 heterocycles. The first kappa shape index (κ1) is 20.6. The van der Waals surface area contributed by atoms with Crippen molar-refractivity contribution in [1.29, 1.82) is 0 Å². The van der Waals surface area contributed by atoms with Gasteiger partial charge in [0.25, 0.3) is 0 Å².